The lowest BCUT2D eigenvalue weighted by Gasteiger charge is -2.32. The maximum Gasteiger partial charge on any atom is 0.409 e. The number of pyridine rings is 6. The molecular formula is C70H73N15O9. The van der Waals surface area contributed by atoms with Crippen LogP contribution in [-0.2, 0) is 30.7 Å². The van der Waals surface area contributed by atoms with Crippen molar-refractivity contribution in [1.29, 1.82) is 0 Å². The second-order valence-electron chi connectivity index (χ2n) is 24.0. The number of imidazole rings is 3. The van der Waals surface area contributed by atoms with Crippen LogP contribution in [0.2, 0.25) is 0 Å². The van der Waals surface area contributed by atoms with E-state index in [-0.39, 0.29) is 47.2 Å². The number of aryl methyl sites for hydroxylation is 3. The van der Waals surface area contributed by atoms with Gasteiger partial charge in [-0.2, -0.15) is 0 Å². The molecule has 2 amide bonds. The van der Waals surface area contributed by atoms with Gasteiger partial charge in [-0.1, -0.05) is 18.2 Å². The Bertz CT molecular complexity index is 5030. The number of piperidine rings is 3. The van der Waals surface area contributed by atoms with Crippen LogP contribution in [-0.4, -0.2) is 147 Å². The minimum atomic E-state index is -0.328. The molecule has 24 nitrogen and oxygen atoms in total. The van der Waals surface area contributed by atoms with Gasteiger partial charge in [-0.15, -0.1) is 0 Å². The van der Waals surface area contributed by atoms with Gasteiger partial charge in [-0.05, 0) is 123 Å². The minimum Gasteiger partial charge on any atom is -0.481 e. The largest absolute Gasteiger partial charge is 0.481 e. The first-order chi connectivity index (χ1) is 45.7. The lowest BCUT2D eigenvalue weighted by Crippen LogP contribution is -2.40. The van der Waals surface area contributed by atoms with E-state index in [4.69, 9.17) is 18.9 Å². The molecule has 9 aromatic heterocycles. The zero-order valence-electron chi connectivity index (χ0n) is 53.8. The summed E-state index contributed by atoms with van der Waals surface area (Å²) in [5.74, 6) is 1.79. The van der Waals surface area contributed by atoms with Crippen molar-refractivity contribution in [2.75, 3.05) is 67.7 Å². The van der Waals surface area contributed by atoms with E-state index >= 15 is 0 Å². The van der Waals surface area contributed by atoms with Gasteiger partial charge in [-0.25, -0.2) is 34.1 Å². The van der Waals surface area contributed by atoms with Gasteiger partial charge in [0.15, 0.2) is 0 Å². The van der Waals surface area contributed by atoms with Crippen LogP contribution in [0.4, 0.5) is 4.79 Å². The molecule has 3 aliphatic rings. The number of nitrogens with zero attached hydrogens (tertiary/aromatic N) is 14. The van der Waals surface area contributed by atoms with Crippen molar-refractivity contribution in [3.05, 3.63) is 160 Å². The standard InChI is InChI=1S/C24H25N5O4.C24H25N5O3.C22H23N5O2/c1-27-20-14-25-19-6-4-15(16-5-7-21(32-2)26-13-16)12-18(19)22(20)29(23(27)30)17-8-10-28(11-9-17)24(31)33-3;1-15(30)28-10-8-18(9-11-28)29-23-19-12-16(17-5-7-22(32-3)26-13-17)4-6-20(19)25-14-21(23)27(2)24(29)31;1-26-19-13-24-18-5-3-14(15-4-6-20(29-2)25-12-15)11-17(18)21(19)27(22(26)28)16-7-9-23-10-8-16/h4-7,12-14,17H,8-11H2,1-3H3;4-7,12-14,18H,8-11H2,1-3H3;3-6,11-13,16,23H,7-10H2,1-2H3. The summed E-state index contributed by atoms with van der Waals surface area (Å²) in [4.78, 5) is 93.6. The second-order valence-corrected chi connectivity index (χ2v) is 24.0. The van der Waals surface area contributed by atoms with E-state index in [2.05, 4.69) is 53.4 Å². The summed E-state index contributed by atoms with van der Waals surface area (Å²) in [6.45, 7) is 5.87. The maximum absolute atomic E-state index is 13.3. The van der Waals surface area contributed by atoms with Gasteiger partial charge in [-0.3, -0.25) is 47.1 Å². The summed E-state index contributed by atoms with van der Waals surface area (Å²) in [6, 6.07) is 29.9. The van der Waals surface area contributed by atoms with Crippen molar-refractivity contribution in [2.45, 2.75) is 63.6 Å². The number of carbonyl (C=O) groups excluding carboxylic acids is 2. The first-order valence-electron chi connectivity index (χ1n) is 31.5. The van der Waals surface area contributed by atoms with Crippen molar-refractivity contribution in [3.63, 3.8) is 0 Å². The van der Waals surface area contributed by atoms with Crippen LogP contribution in [0.1, 0.15) is 63.6 Å². The molecule has 3 fully saturated rings. The van der Waals surface area contributed by atoms with Crippen molar-refractivity contribution >= 4 is 77.8 Å². The lowest BCUT2D eigenvalue weighted by molar-refractivity contribution is -0.130. The van der Waals surface area contributed by atoms with E-state index in [1.165, 1.54) is 7.11 Å². The number of fused-ring (bicyclic) bond motifs is 9. The molecule has 12 aromatic rings. The van der Waals surface area contributed by atoms with Crippen LogP contribution < -0.4 is 36.6 Å². The number of benzene rings is 3. The monoisotopic (exact) mass is 1270 g/mol. The van der Waals surface area contributed by atoms with Gasteiger partial charge in [0.05, 0.1) is 96.7 Å². The Morgan fingerprint density at radius 3 is 1.03 bits per heavy atom. The molecule has 0 spiro atoms. The fraction of sp³-hybridized carbons (Fsp3) is 0.329. The van der Waals surface area contributed by atoms with E-state index in [9.17, 15) is 24.0 Å². The van der Waals surface area contributed by atoms with Crippen LogP contribution in [0.5, 0.6) is 17.6 Å². The smallest absolute Gasteiger partial charge is 0.409 e. The van der Waals surface area contributed by atoms with Gasteiger partial charge < -0.3 is 34.1 Å². The number of amides is 2. The minimum absolute atomic E-state index is 0.0148. The zero-order chi connectivity index (χ0) is 65.5. The predicted octanol–water partition coefficient (Wildman–Crippen LogP) is 9.39. The third kappa shape index (κ3) is 11.5. The molecule has 1 N–H and O–H groups in total. The molecule has 0 aliphatic carbocycles. The average Bonchev–Trinajstić information content (AvgIpc) is 1.58. The van der Waals surface area contributed by atoms with E-state index < -0.39 is 0 Å². The summed E-state index contributed by atoms with van der Waals surface area (Å²) in [5.41, 5.74) is 13.6. The number of ether oxygens (including phenoxy) is 4. The van der Waals surface area contributed by atoms with E-state index in [1.807, 2.05) is 105 Å². The number of hydrogen-bond donors (Lipinski definition) is 1. The van der Waals surface area contributed by atoms with Crippen molar-refractivity contribution < 1.29 is 28.5 Å². The number of rotatable bonds is 9. The highest BCUT2D eigenvalue weighted by Gasteiger charge is 2.30. The van der Waals surface area contributed by atoms with Gasteiger partial charge in [0.2, 0.25) is 23.5 Å². The van der Waals surface area contributed by atoms with E-state index in [0.29, 0.717) is 56.7 Å². The fourth-order valence-corrected chi connectivity index (χ4v) is 13.6. The Morgan fingerprint density at radius 2 is 0.734 bits per heavy atom. The maximum atomic E-state index is 13.3. The quantitative estimate of drug-likeness (QED) is 0.141. The van der Waals surface area contributed by atoms with Crippen molar-refractivity contribution in [3.8, 4) is 51.0 Å². The first-order valence-corrected chi connectivity index (χ1v) is 31.5. The number of nitrogens with one attached hydrogen (secondary N) is 1. The van der Waals surface area contributed by atoms with Gasteiger partial charge >= 0.3 is 23.2 Å². The zero-order valence-corrected chi connectivity index (χ0v) is 53.8. The molecule has 0 unspecified atom stereocenters. The van der Waals surface area contributed by atoms with E-state index in [0.717, 1.165) is 138 Å². The number of hydrogen-bond acceptors (Lipinski definition) is 16. The molecule has 94 heavy (non-hydrogen) atoms. The van der Waals surface area contributed by atoms with Crippen LogP contribution in [0.15, 0.2) is 143 Å². The molecule has 0 atom stereocenters. The summed E-state index contributed by atoms with van der Waals surface area (Å²) in [6.07, 6.45) is 15.1. The summed E-state index contributed by atoms with van der Waals surface area (Å²) >= 11 is 0. The lowest BCUT2D eigenvalue weighted by atomic mass is 10.0. The third-order valence-corrected chi connectivity index (χ3v) is 18.8. The summed E-state index contributed by atoms with van der Waals surface area (Å²) in [7, 11) is 11.6. The normalized spacial score (nSPS) is 14.9. The van der Waals surface area contributed by atoms with Crippen LogP contribution in [0.25, 0.3) is 99.2 Å². The number of aromatic nitrogens is 12. The molecule has 0 radical (unpaired) electrons. The summed E-state index contributed by atoms with van der Waals surface area (Å²) < 4.78 is 31.1. The second kappa shape index (κ2) is 26.1. The van der Waals surface area contributed by atoms with Crippen LogP contribution in [0, 0.1) is 0 Å². The van der Waals surface area contributed by atoms with E-state index in [1.54, 1.807) is 91.9 Å². The third-order valence-electron chi connectivity index (χ3n) is 18.8. The van der Waals surface area contributed by atoms with Gasteiger partial charge in [0.25, 0.3) is 0 Å². The Kier molecular flexibility index (Phi) is 17.2. The van der Waals surface area contributed by atoms with Gasteiger partial charge in [0.1, 0.15) is 0 Å². The molecule has 3 saturated heterocycles. The number of likely N-dealkylation sites (tertiary alicyclic amines) is 2. The van der Waals surface area contributed by atoms with Crippen LogP contribution >= 0.6 is 0 Å². The fourth-order valence-electron chi connectivity index (χ4n) is 13.6. The molecule has 12 heterocycles. The Balaban J connectivity index is 0.000000128. The summed E-state index contributed by atoms with van der Waals surface area (Å²) in [5, 5.41) is 6.22. The Morgan fingerprint density at radius 1 is 0.415 bits per heavy atom. The predicted molar refractivity (Wildman–Crippen MR) is 361 cm³/mol. The highest BCUT2D eigenvalue weighted by atomic mass is 16.5. The number of carbonyl (C=O) groups is 2. The molecule has 24 heteroatoms. The molecule has 3 aromatic carbocycles. The molecule has 15 rings (SSSR count). The average molecular weight is 1270 g/mol. The SMILES string of the molecule is COC(=O)N1CCC(n2c(=O)n(C)c3cnc4ccc(-c5ccc(OC)nc5)cc4c32)CC1.COc1ccc(-c2ccc3ncc4c(c3c2)n(C2CCN(C(C)=O)CC2)c(=O)n4C)cn1.COc1ccc(-c2ccc3ncc4c(c3c2)n(C2CCNCC2)c(=O)n4C)cn1. The van der Waals surface area contributed by atoms with Gasteiger partial charge in [0, 0.05) is 142 Å². The van der Waals surface area contributed by atoms with Crippen LogP contribution in [0.3, 0.4) is 0 Å². The topological polar surface area (TPSA) is 248 Å². The molecule has 482 valence electrons. The molecule has 0 saturated carbocycles. The molecule has 3 aliphatic heterocycles. The highest BCUT2D eigenvalue weighted by Crippen LogP contribution is 2.36. The van der Waals surface area contributed by atoms with Crippen molar-refractivity contribution in [1.82, 2.24) is 72.4 Å². The first kappa shape index (κ1) is 62.1. The Hall–Kier alpha value is -10.8. The Labute approximate surface area is 539 Å². The number of methoxy groups -OCH3 is 4. The molecular weight excluding hydrogens is 1190 g/mol. The van der Waals surface area contributed by atoms with Crippen molar-refractivity contribution in [2.24, 2.45) is 21.1 Å². The molecule has 0 bridgehead atoms. The highest BCUT2D eigenvalue weighted by molar-refractivity contribution is 6.06.